The van der Waals surface area contributed by atoms with Crippen LogP contribution in [0.15, 0.2) is 0 Å². The highest BCUT2D eigenvalue weighted by atomic mass is 16.5. The first-order chi connectivity index (χ1) is 8.27. The van der Waals surface area contributed by atoms with Gasteiger partial charge in [0.1, 0.15) is 0 Å². The number of hydrogen-bond acceptors (Lipinski definition) is 3. The average Bonchev–Trinajstić information content (AvgIpc) is 2.38. The second-order valence-corrected chi connectivity index (χ2v) is 5.82. The molecule has 0 spiro atoms. The number of nitrogens with one attached hydrogen (secondary N) is 1. The molecule has 1 aliphatic carbocycles. The van der Waals surface area contributed by atoms with Crippen LogP contribution in [-0.4, -0.2) is 49.3 Å². The summed E-state index contributed by atoms with van der Waals surface area (Å²) in [5, 5.41) is 3.56. The predicted molar refractivity (Wildman–Crippen MR) is 71.3 cm³/mol. The molecule has 0 aromatic carbocycles. The molecular weight excluding hydrogens is 212 g/mol. The molecule has 1 saturated carbocycles. The van der Waals surface area contributed by atoms with E-state index in [9.17, 15) is 0 Å². The van der Waals surface area contributed by atoms with Crippen LogP contribution in [0.25, 0.3) is 0 Å². The van der Waals surface area contributed by atoms with Crippen molar-refractivity contribution in [2.45, 2.75) is 64.1 Å². The zero-order valence-electron chi connectivity index (χ0n) is 11.5. The lowest BCUT2D eigenvalue weighted by atomic mass is 9.93. The van der Waals surface area contributed by atoms with Gasteiger partial charge in [-0.1, -0.05) is 33.1 Å². The van der Waals surface area contributed by atoms with E-state index in [0.717, 1.165) is 32.3 Å². The molecule has 0 radical (unpaired) electrons. The van der Waals surface area contributed by atoms with Crippen LogP contribution in [0, 0.1) is 0 Å². The fraction of sp³-hybridized carbons (Fsp3) is 1.00. The summed E-state index contributed by atoms with van der Waals surface area (Å²) in [5.41, 5.74) is 0. The Labute approximate surface area is 106 Å². The Kier molecular flexibility index (Phi) is 5.26. The van der Waals surface area contributed by atoms with E-state index < -0.39 is 0 Å². The zero-order chi connectivity index (χ0) is 12.1. The van der Waals surface area contributed by atoms with Gasteiger partial charge in [0.25, 0.3) is 0 Å². The van der Waals surface area contributed by atoms with Crippen LogP contribution in [0.4, 0.5) is 0 Å². The van der Waals surface area contributed by atoms with Crippen LogP contribution in [0.2, 0.25) is 0 Å². The van der Waals surface area contributed by atoms with Gasteiger partial charge in [-0.25, -0.2) is 0 Å². The van der Waals surface area contributed by atoms with Crippen molar-refractivity contribution in [3.05, 3.63) is 0 Å². The lowest BCUT2D eigenvalue weighted by Crippen LogP contribution is -2.55. The molecule has 2 fully saturated rings. The van der Waals surface area contributed by atoms with Crippen molar-refractivity contribution in [1.82, 2.24) is 10.2 Å². The van der Waals surface area contributed by atoms with E-state index in [2.05, 4.69) is 24.1 Å². The molecule has 1 aliphatic heterocycles. The Hall–Kier alpha value is -0.120. The quantitative estimate of drug-likeness (QED) is 0.813. The molecule has 0 bridgehead atoms. The number of nitrogens with zero attached hydrogens (tertiary/aromatic N) is 1. The number of rotatable bonds is 4. The van der Waals surface area contributed by atoms with Crippen molar-refractivity contribution in [3.8, 4) is 0 Å². The highest BCUT2D eigenvalue weighted by molar-refractivity contribution is 4.85. The topological polar surface area (TPSA) is 24.5 Å². The molecule has 1 N–H and O–H groups in total. The summed E-state index contributed by atoms with van der Waals surface area (Å²) in [6, 6.07) is 1.99. The smallest absolute Gasteiger partial charge is 0.0635 e. The molecule has 0 amide bonds. The molecular formula is C14H28N2O. The molecule has 1 atom stereocenters. The van der Waals surface area contributed by atoms with E-state index in [-0.39, 0.29) is 0 Å². The monoisotopic (exact) mass is 240 g/mol. The van der Waals surface area contributed by atoms with Gasteiger partial charge >= 0.3 is 0 Å². The van der Waals surface area contributed by atoms with E-state index >= 15 is 0 Å². The normalized spacial score (nSPS) is 28.8. The third-order valence-electron chi connectivity index (χ3n) is 4.08. The molecule has 3 nitrogen and oxygen atoms in total. The summed E-state index contributed by atoms with van der Waals surface area (Å²) in [4.78, 5) is 2.72. The number of morpholine rings is 1. The molecule has 17 heavy (non-hydrogen) atoms. The van der Waals surface area contributed by atoms with E-state index in [0.29, 0.717) is 12.1 Å². The first-order valence-corrected chi connectivity index (χ1v) is 7.34. The Bertz CT molecular complexity index is 214. The van der Waals surface area contributed by atoms with Crippen LogP contribution in [0.1, 0.15) is 46.0 Å². The molecule has 1 unspecified atom stereocenters. The molecule has 2 aliphatic rings. The van der Waals surface area contributed by atoms with Crippen LogP contribution in [0.5, 0.6) is 0 Å². The molecule has 2 rings (SSSR count). The van der Waals surface area contributed by atoms with E-state index in [4.69, 9.17) is 4.74 Å². The Balaban J connectivity index is 1.86. The maximum atomic E-state index is 5.65. The lowest BCUT2D eigenvalue weighted by molar-refractivity contribution is -0.0356. The summed E-state index contributed by atoms with van der Waals surface area (Å²) in [6.45, 7) is 8.48. The third-order valence-corrected chi connectivity index (χ3v) is 4.08. The highest BCUT2D eigenvalue weighted by Gasteiger charge is 2.29. The summed E-state index contributed by atoms with van der Waals surface area (Å²) < 4.78 is 5.65. The second-order valence-electron chi connectivity index (χ2n) is 5.82. The largest absolute Gasteiger partial charge is 0.378 e. The summed E-state index contributed by atoms with van der Waals surface area (Å²) in [6.07, 6.45) is 7.09. The maximum Gasteiger partial charge on any atom is 0.0635 e. The fourth-order valence-electron chi connectivity index (χ4n) is 3.11. The Morgan fingerprint density at radius 1 is 1.24 bits per heavy atom. The number of ether oxygens (including phenoxy) is 1. The first-order valence-electron chi connectivity index (χ1n) is 7.34. The lowest BCUT2D eigenvalue weighted by Gasteiger charge is -2.43. The van der Waals surface area contributed by atoms with Gasteiger partial charge in [0, 0.05) is 31.2 Å². The standard InChI is InChI=1S/C14H28N2O/c1-12(2)15-10-14-11-17-9-8-16(14)13-6-4-3-5-7-13/h12-15H,3-11H2,1-2H3. The second kappa shape index (κ2) is 6.72. The van der Waals surface area contributed by atoms with Crippen molar-refractivity contribution < 1.29 is 4.74 Å². The van der Waals surface area contributed by atoms with Crippen molar-refractivity contribution in [3.63, 3.8) is 0 Å². The van der Waals surface area contributed by atoms with Gasteiger partial charge in [0.2, 0.25) is 0 Å². The van der Waals surface area contributed by atoms with Gasteiger partial charge < -0.3 is 10.1 Å². The van der Waals surface area contributed by atoms with Gasteiger partial charge in [-0.2, -0.15) is 0 Å². The third kappa shape index (κ3) is 3.94. The van der Waals surface area contributed by atoms with E-state index in [1.807, 2.05) is 0 Å². The molecule has 3 heteroatoms. The molecule has 0 aromatic rings. The van der Waals surface area contributed by atoms with E-state index in [1.165, 1.54) is 32.1 Å². The van der Waals surface area contributed by atoms with Gasteiger partial charge in [-0.15, -0.1) is 0 Å². The number of hydrogen-bond donors (Lipinski definition) is 1. The first kappa shape index (κ1) is 13.3. The van der Waals surface area contributed by atoms with Crippen molar-refractivity contribution in [1.29, 1.82) is 0 Å². The molecule has 1 heterocycles. The van der Waals surface area contributed by atoms with Crippen LogP contribution >= 0.6 is 0 Å². The van der Waals surface area contributed by atoms with Crippen molar-refractivity contribution in [2.24, 2.45) is 0 Å². The van der Waals surface area contributed by atoms with Crippen molar-refractivity contribution >= 4 is 0 Å². The summed E-state index contributed by atoms with van der Waals surface area (Å²) in [5.74, 6) is 0. The van der Waals surface area contributed by atoms with E-state index in [1.54, 1.807) is 0 Å². The Morgan fingerprint density at radius 3 is 2.71 bits per heavy atom. The maximum absolute atomic E-state index is 5.65. The SMILES string of the molecule is CC(C)NCC1COCCN1C1CCCCC1. The minimum absolute atomic E-state index is 0.574. The minimum atomic E-state index is 0.574. The molecule has 1 saturated heterocycles. The summed E-state index contributed by atoms with van der Waals surface area (Å²) in [7, 11) is 0. The fourth-order valence-corrected chi connectivity index (χ4v) is 3.11. The van der Waals surface area contributed by atoms with Gasteiger partial charge in [-0.3, -0.25) is 4.90 Å². The van der Waals surface area contributed by atoms with Crippen LogP contribution in [-0.2, 0) is 4.74 Å². The highest BCUT2D eigenvalue weighted by Crippen LogP contribution is 2.25. The van der Waals surface area contributed by atoms with Crippen LogP contribution < -0.4 is 5.32 Å². The molecule has 0 aromatic heterocycles. The van der Waals surface area contributed by atoms with Crippen LogP contribution in [0.3, 0.4) is 0 Å². The average molecular weight is 240 g/mol. The van der Waals surface area contributed by atoms with Crippen molar-refractivity contribution in [2.75, 3.05) is 26.3 Å². The van der Waals surface area contributed by atoms with Gasteiger partial charge in [-0.05, 0) is 12.8 Å². The Morgan fingerprint density at radius 2 is 2.00 bits per heavy atom. The predicted octanol–water partition coefficient (Wildman–Crippen LogP) is 2.02. The summed E-state index contributed by atoms with van der Waals surface area (Å²) >= 11 is 0. The minimum Gasteiger partial charge on any atom is -0.378 e. The van der Waals surface area contributed by atoms with Gasteiger partial charge in [0.15, 0.2) is 0 Å². The molecule has 100 valence electrons. The van der Waals surface area contributed by atoms with Gasteiger partial charge in [0.05, 0.1) is 13.2 Å². The zero-order valence-corrected chi connectivity index (χ0v) is 11.5.